The van der Waals surface area contributed by atoms with Crippen molar-refractivity contribution in [2.24, 2.45) is 5.10 Å². The quantitative estimate of drug-likeness (QED) is 0.494. The van der Waals surface area contributed by atoms with Crippen LogP contribution in [0.4, 0.5) is 0 Å². The zero-order valence-corrected chi connectivity index (χ0v) is 7.51. The Morgan fingerprint density at radius 3 is 2.58 bits per heavy atom. The molecule has 1 rings (SSSR count). The molecule has 1 aliphatic rings. The second kappa shape index (κ2) is 5.97. The van der Waals surface area contributed by atoms with Gasteiger partial charge in [-0.2, -0.15) is 5.10 Å². The molecular formula is C8H16N2O2. The first-order chi connectivity index (χ1) is 5.93. The average Bonchev–Trinajstić information content (AvgIpc) is 2.33. The number of hydrogen-bond donors (Lipinski definition) is 1. The number of nitrogens with zero attached hydrogens (tertiary/aromatic N) is 1. The maximum atomic E-state index is 5.24. The number of nitrogens with one attached hydrogen (secondary N) is 1. The molecule has 0 aromatic carbocycles. The van der Waals surface area contributed by atoms with Gasteiger partial charge in [0.05, 0.1) is 32.1 Å². The summed E-state index contributed by atoms with van der Waals surface area (Å²) in [7, 11) is 0. The molecule has 0 radical (unpaired) electrons. The van der Waals surface area contributed by atoms with E-state index in [1.54, 1.807) is 0 Å². The van der Waals surface area contributed by atoms with Gasteiger partial charge in [-0.3, -0.25) is 0 Å². The molecule has 1 N–H and O–H groups in total. The maximum absolute atomic E-state index is 5.24. The van der Waals surface area contributed by atoms with Crippen molar-refractivity contribution < 1.29 is 9.47 Å². The first-order valence-corrected chi connectivity index (χ1v) is 4.37. The van der Waals surface area contributed by atoms with E-state index in [0.717, 1.165) is 18.7 Å². The lowest BCUT2D eigenvalue weighted by atomic mass is 10.4. The molecule has 0 aromatic rings. The Morgan fingerprint density at radius 1 is 1.33 bits per heavy atom. The number of hydrazone groups is 1. The van der Waals surface area contributed by atoms with Crippen LogP contribution in [0.15, 0.2) is 5.10 Å². The van der Waals surface area contributed by atoms with Gasteiger partial charge in [0.1, 0.15) is 0 Å². The minimum Gasteiger partial charge on any atom is -0.373 e. The third-order valence-corrected chi connectivity index (χ3v) is 1.51. The van der Waals surface area contributed by atoms with Crippen LogP contribution in [0.2, 0.25) is 0 Å². The molecule has 0 saturated carbocycles. The predicted octanol–water partition coefficient (Wildman–Crippen LogP) is 0.389. The summed E-state index contributed by atoms with van der Waals surface area (Å²) in [5.41, 5.74) is 3.91. The summed E-state index contributed by atoms with van der Waals surface area (Å²) in [5.74, 6) is 0. The molecule has 0 atom stereocenters. The Balaban J connectivity index is 2.22. The minimum absolute atomic E-state index is 0.594. The highest BCUT2D eigenvalue weighted by molar-refractivity contribution is 5.86. The molecule has 1 aliphatic heterocycles. The van der Waals surface area contributed by atoms with Gasteiger partial charge >= 0.3 is 0 Å². The Hall–Kier alpha value is -0.610. The topological polar surface area (TPSA) is 42.9 Å². The van der Waals surface area contributed by atoms with Crippen molar-refractivity contribution in [2.45, 2.75) is 13.3 Å². The molecule has 0 unspecified atom stereocenters. The lowest BCUT2D eigenvalue weighted by molar-refractivity contribution is 0.103. The fourth-order valence-corrected chi connectivity index (χ4v) is 0.884. The Morgan fingerprint density at radius 2 is 2.00 bits per heavy atom. The van der Waals surface area contributed by atoms with E-state index in [1.165, 1.54) is 0 Å². The minimum atomic E-state index is 0.594. The zero-order chi connectivity index (χ0) is 8.65. The molecule has 0 amide bonds. The van der Waals surface area contributed by atoms with Crippen molar-refractivity contribution in [3.63, 3.8) is 0 Å². The molecule has 0 aliphatic carbocycles. The monoisotopic (exact) mass is 172 g/mol. The molecule has 0 bridgehead atoms. The standard InChI is InChI=1S/C8H16N2O2/c1-2-3-9-10-8-6-11-4-5-12-7-8/h9H,2-7H2,1H3. The number of hydrogen-bond acceptors (Lipinski definition) is 4. The first kappa shape index (κ1) is 9.48. The van der Waals surface area contributed by atoms with E-state index in [1.807, 2.05) is 0 Å². The van der Waals surface area contributed by atoms with Gasteiger partial charge in [0.2, 0.25) is 0 Å². The highest BCUT2D eigenvalue weighted by atomic mass is 16.5. The second-order valence-corrected chi connectivity index (χ2v) is 2.69. The zero-order valence-electron chi connectivity index (χ0n) is 7.51. The summed E-state index contributed by atoms with van der Waals surface area (Å²) in [6.45, 7) is 5.55. The largest absolute Gasteiger partial charge is 0.373 e. The molecule has 70 valence electrons. The summed E-state index contributed by atoms with van der Waals surface area (Å²) in [4.78, 5) is 0. The SMILES string of the molecule is CCCNN=C1COCCOC1. The Kier molecular flexibility index (Phi) is 4.71. The molecule has 1 heterocycles. The molecule has 1 fully saturated rings. The smallest absolute Gasteiger partial charge is 0.0891 e. The summed E-state index contributed by atoms with van der Waals surface area (Å²) in [5, 5.41) is 4.15. The summed E-state index contributed by atoms with van der Waals surface area (Å²) < 4.78 is 10.5. The van der Waals surface area contributed by atoms with Gasteiger partial charge in [-0.1, -0.05) is 6.92 Å². The molecule has 12 heavy (non-hydrogen) atoms. The molecule has 4 heteroatoms. The van der Waals surface area contributed by atoms with Crippen LogP contribution in [0.5, 0.6) is 0 Å². The lowest BCUT2D eigenvalue weighted by Gasteiger charge is -2.02. The van der Waals surface area contributed by atoms with Crippen LogP contribution in [-0.4, -0.2) is 38.7 Å². The van der Waals surface area contributed by atoms with Crippen molar-refractivity contribution >= 4 is 5.71 Å². The molecule has 0 spiro atoms. The van der Waals surface area contributed by atoms with E-state index < -0.39 is 0 Å². The van der Waals surface area contributed by atoms with E-state index in [-0.39, 0.29) is 0 Å². The van der Waals surface area contributed by atoms with Crippen LogP contribution < -0.4 is 5.43 Å². The number of rotatable bonds is 3. The van der Waals surface area contributed by atoms with Crippen LogP contribution in [0.3, 0.4) is 0 Å². The van der Waals surface area contributed by atoms with Crippen LogP contribution in [-0.2, 0) is 9.47 Å². The number of ether oxygens (including phenoxy) is 2. The van der Waals surface area contributed by atoms with E-state index in [0.29, 0.717) is 26.4 Å². The molecule has 4 nitrogen and oxygen atoms in total. The van der Waals surface area contributed by atoms with E-state index in [9.17, 15) is 0 Å². The van der Waals surface area contributed by atoms with Gasteiger partial charge in [-0.15, -0.1) is 0 Å². The summed E-state index contributed by atoms with van der Waals surface area (Å²) in [6, 6.07) is 0. The van der Waals surface area contributed by atoms with Gasteiger partial charge in [-0.25, -0.2) is 0 Å². The van der Waals surface area contributed by atoms with Crippen molar-refractivity contribution in [3.8, 4) is 0 Å². The Labute approximate surface area is 72.9 Å². The van der Waals surface area contributed by atoms with Crippen LogP contribution in [0.1, 0.15) is 13.3 Å². The molecular weight excluding hydrogens is 156 g/mol. The van der Waals surface area contributed by atoms with Crippen molar-refractivity contribution in [1.82, 2.24) is 5.43 Å². The van der Waals surface area contributed by atoms with Crippen molar-refractivity contribution in [2.75, 3.05) is 33.0 Å². The van der Waals surface area contributed by atoms with Crippen molar-refractivity contribution in [3.05, 3.63) is 0 Å². The second-order valence-electron chi connectivity index (χ2n) is 2.69. The molecule has 0 aromatic heterocycles. The van der Waals surface area contributed by atoms with Gasteiger partial charge in [0.15, 0.2) is 0 Å². The summed E-state index contributed by atoms with van der Waals surface area (Å²) >= 11 is 0. The van der Waals surface area contributed by atoms with Gasteiger partial charge in [0.25, 0.3) is 0 Å². The molecule has 1 saturated heterocycles. The van der Waals surface area contributed by atoms with E-state index >= 15 is 0 Å². The maximum Gasteiger partial charge on any atom is 0.0891 e. The lowest BCUT2D eigenvalue weighted by Crippen LogP contribution is -2.17. The fourth-order valence-electron chi connectivity index (χ4n) is 0.884. The van der Waals surface area contributed by atoms with Gasteiger partial charge < -0.3 is 14.9 Å². The van der Waals surface area contributed by atoms with E-state index in [2.05, 4.69) is 17.5 Å². The van der Waals surface area contributed by atoms with Gasteiger partial charge in [-0.05, 0) is 6.42 Å². The Bertz CT molecular complexity index is 138. The normalized spacial score (nSPS) is 18.6. The fraction of sp³-hybridized carbons (Fsp3) is 0.875. The van der Waals surface area contributed by atoms with E-state index in [4.69, 9.17) is 9.47 Å². The highest BCUT2D eigenvalue weighted by Gasteiger charge is 2.04. The van der Waals surface area contributed by atoms with Gasteiger partial charge in [0, 0.05) is 6.54 Å². The van der Waals surface area contributed by atoms with Crippen molar-refractivity contribution in [1.29, 1.82) is 0 Å². The highest BCUT2D eigenvalue weighted by Crippen LogP contribution is 1.90. The van der Waals surface area contributed by atoms with Crippen LogP contribution >= 0.6 is 0 Å². The summed E-state index contributed by atoms with van der Waals surface area (Å²) in [6.07, 6.45) is 1.08. The van der Waals surface area contributed by atoms with Crippen LogP contribution in [0.25, 0.3) is 0 Å². The average molecular weight is 172 g/mol. The predicted molar refractivity (Wildman–Crippen MR) is 47.4 cm³/mol. The first-order valence-electron chi connectivity index (χ1n) is 4.37. The van der Waals surface area contributed by atoms with Crippen LogP contribution in [0, 0.1) is 0 Å². The third-order valence-electron chi connectivity index (χ3n) is 1.51. The third kappa shape index (κ3) is 3.69.